The molecule has 0 bridgehead atoms. The van der Waals surface area contributed by atoms with E-state index < -0.39 is 16.1 Å². The maximum Gasteiger partial charge on any atom is 0.238 e. The van der Waals surface area contributed by atoms with Crippen molar-refractivity contribution in [3.05, 3.63) is 41.5 Å². The summed E-state index contributed by atoms with van der Waals surface area (Å²) in [6.07, 6.45) is 3.36. The maximum atomic E-state index is 11.4. The van der Waals surface area contributed by atoms with Gasteiger partial charge in [-0.05, 0) is 36.0 Å². The number of hydrogen-bond donors (Lipinski definition) is 2. The van der Waals surface area contributed by atoms with Gasteiger partial charge in [-0.25, -0.2) is 13.6 Å². The first-order valence-corrected chi connectivity index (χ1v) is 10.9. The highest BCUT2D eigenvalue weighted by molar-refractivity contribution is 7.89. The molecule has 4 rings (SSSR count). The molecule has 0 radical (unpaired) electrons. The zero-order valence-corrected chi connectivity index (χ0v) is 16.3. The van der Waals surface area contributed by atoms with Crippen LogP contribution in [0, 0.1) is 5.41 Å². The second-order valence-electron chi connectivity index (χ2n) is 8.34. The summed E-state index contributed by atoms with van der Waals surface area (Å²) in [5.41, 5.74) is 0.952. The average Bonchev–Trinajstić information content (AvgIpc) is 2.95. The molecular formula is C19H25N3O4S. The number of aliphatic hydroxyl groups is 1. The van der Waals surface area contributed by atoms with Crippen LogP contribution in [-0.2, 0) is 10.0 Å². The second kappa shape index (κ2) is 6.39. The minimum absolute atomic E-state index is 0.0504. The number of primary sulfonamides is 1. The van der Waals surface area contributed by atoms with Crippen LogP contribution in [0.2, 0.25) is 0 Å². The Kier molecular flexibility index (Phi) is 4.40. The molecular weight excluding hydrogens is 366 g/mol. The smallest absolute Gasteiger partial charge is 0.238 e. The van der Waals surface area contributed by atoms with Gasteiger partial charge in [-0.3, -0.25) is 0 Å². The first kappa shape index (κ1) is 18.6. The van der Waals surface area contributed by atoms with Crippen LogP contribution in [0.25, 0.3) is 0 Å². The molecule has 2 aliphatic carbocycles. The summed E-state index contributed by atoms with van der Waals surface area (Å²) in [5, 5.41) is 19.6. The summed E-state index contributed by atoms with van der Waals surface area (Å²) in [6, 6.07) is 6.67. The van der Waals surface area contributed by atoms with E-state index >= 15 is 0 Å². The SMILES string of the molecule is CC1(C)[C@@H](c2ccc(S(N)(=O)=O)cc2)[C@@H]1c1nc(C2CCCCC2O)no1. The van der Waals surface area contributed by atoms with Gasteiger partial charge < -0.3 is 9.63 Å². The Labute approximate surface area is 159 Å². The number of nitrogens with zero attached hydrogens (tertiary/aromatic N) is 2. The molecule has 0 aliphatic heterocycles. The molecule has 1 aromatic carbocycles. The number of hydrogen-bond acceptors (Lipinski definition) is 6. The molecule has 0 amide bonds. The topological polar surface area (TPSA) is 119 Å². The van der Waals surface area contributed by atoms with Gasteiger partial charge in [0.25, 0.3) is 0 Å². The lowest BCUT2D eigenvalue weighted by atomic mass is 9.86. The second-order valence-corrected chi connectivity index (χ2v) is 9.90. The third-order valence-corrected chi connectivity index (χ3v) is 7.11. The normalized spacial score (nSPS) is 30.2. The molecule has 3 N–H and O–H groups in total. The maximum absolute atomic E-state index is 11.4. The Bertz CT molecular complexity index is 936. The molecule has 2 fully saturated rings. The van der Waals surface area contributed by atoms with Crippen molar-refractivity contribution in [2.75, 3.05) is 0 Å². The van der Waals surface area contributed by atoms with Crippen molar-refractivity contribution in [2.24, 2.45) is 10.6 Å². The standard InChI is InChI=1S/C19H25N3O4S/c1-19(2)15(11-7-9-12(10-8-11)27(20,24)25)16(19)18-21-17(22-26-18)13-5-3-4-6-14(13)23/h7-10,13-16,23H,3-6H2,1-2H3,(H2,20,24,25)/t13?,14?,15-,16+/m0/s1. The van der Waals surface area contributed by atoms with E-state index in [0.717, 1.165) is 31.2 Å². The number of aliphatic hydroxyl groups excluding tert-OH is 1. The molecule has 146 valence electrons. The molecule has 0 saturated heterocycles. The van der Waals surface area contributed by atoms with Gasteiger partial charge in [0, 0.05) is 11.8 Å². The monoisotopic (exact) mass is 391 g/mol. The summed E-state index contributed by atoms with van der Waals surface area (Å²) >= 11 is 0. The molecule has 8 heteroatoms. The lowest BCUT2D eigenvalue weighted by molar-refractivity contribution is 0.101. The summed E-state index contributed by atoms with van der Waals surface area (Å²) in [4.78, 5) is 4.73. The largest absolute Gasteiger partial charge is 0.392 e. The first-order chi connectivity index (χ1) is 12.7. The van der Waals surface area contributed by atoms with E-state index in [4.69, 9.17) is 9.66 Å². The summed E-state index contributed by atoms with van der Waals surface area (Å²) in [5.74, 6) is 1.37. The summed E-state index contributed by atoms with van der Waals surface area (Å²) in [7, 11) is -3.70. The molecule has 2 aromatic rings. The van der Waals surface area contributed by atoms with Gasteiger partial charge in [0.15, 0.2) is 5.82 Å². The molecule has 2 saturated carbocycles. The number of aromatic nitrogens is 2. The molecule has 7 nitrogen and oxygen atoms in total. The Morgan fingerprint density at radius 3 is 2.44 bits per heavy atom. The molecule has 27 heavy (non-hydrogen) atoms. The van der Waals surface area contributed by atoms with Crippen LogP contribution in [0.4, 0.5) is 0 Å². The molecule has 0 spiro atoms. The third kappa shape index (κ3) is 3.30. The van der Waals surface area contributed by atoms with Crippen molar-refractivity contribution in [1.82, 2.24) is 10.1 Å². The van der Waals surface area contributed by atoms with Crippen molar-refractivity contribution in [1.29, 1.82) is 0 Å². The fourth-order valence-corrected chi connectivity index (χ4v) is 5.04. The zero-order chi connectivity index (χ0) is 19.4. The Morgan fingerprint density at radius 2 is 1.81 bits per heavy atom. The van der Waals surface area contributed by atoms with E-state index in [0.29, 0.717) is 11.7 Å². The van der Waals surface area contributed by atoms with Gasteiger partial charge in [-0.15, -0.1) is 0 Å². The van der Waals surface area contributed by atoms with Gasteiger partial charge in [-0.2, -0.15) is 4.98 Å². The highest BCUT2D eigenvalue weighted by Crippen LogP contribution is 2.69. The number of nitrogens with two attached hydrogens (primary N) is 1. The lowest BCUT2D eigenvalue weighted by Gasteiger charge is -2.24. The van der Waals surface area contributed by atoms with E-state index in [9.17, 15) is 13.5 Å². The predicted molar refractivity (Wildman–Crippen MR) is 98.6 cm³/mol. The van der Waals surface area contributed by atoms with Crippen molar-refractivity contribution in [3.8, 4) is 0 Å². The quantitative estimate of drug-likeness (QED) is 0.827. The van der Waals surface area contributed by atoms with Crippen LogP contribution in [0.3, 0.4) is 0 Å². The first-order valence-electron chi connectivity index (χ1n) is 9.34. The highest BCUT2D eigenvalue weighted by atomic mass is 32.2. The van der Waals surface area contributed by atoms with Crippen LogP contribution >= 0.6 is 0 Å². The van der Waals surface area contributed by atoms with Crippen molar-refractivity contribution in [2.45, 2.75) is 68.3 Å². The molecule has 2 unspecified atom stereocenters. The van der Waals surface area contributed by atoms with Gasteiger partial charge in [0.05, 0.1) is 16.9 Å². The number of sulfonamides is 1. The van der Waals surface area contributed by atoms with Crippen molar-refractivity contribution >= 4 is 10.0 Å². The molecule has 1 heterocycles. The minimum Gasteiger partial charge on any atom is -0.392 e. The number of rotatable bonds is 4. The fraction of sp³-hybridized carbons (Fsp3) is 0.579. The third-order valence-electron chi connectivity index (χ3n) is 6.18. The van der Waals surface area contributed by atoms with E-state index in [2.05, 4.69) is 24.0 Å². The Balaban J connectivity index is 1.56. The summed E-state index contributed by atoms with van der Waals surface area (Å²) in [6.45, 7) is 4.27. The minimum atomic E-state index is -3.70. The van der Waals surface area contributed by atoms with Gasteiger partial charge in [-0.1, -0.05) is 44.0 Å². The predicted octanol–water partition coefficient (Wildman–Crippen LogP) is 2.64. The van der Waals surface area contributed by atoms with E-state index in [1.54, 1.807) is 12.1 Å². The fourth-order valence-electron chi connectivity index (χ4n) is 4.52. The Hall–Kier alpha value is -1.77. The van der Waals surface area contributed by atoms with Crippen LogP contribution in [0.5, 0.6) is 0 Å². The molecule has 1 aromatic heterocycles. The molecule has 4 atom stereocenters. The van der Waals surface area contributed by atoms with Crippen LogP contribution in [-0.4, -0.2) is 29.8 Å². The summed E-state index contributed by atoms with van der Waals surface area (Å²) < 4.78 is 28.5. The number of benzene rings is 1. The van der Waals surface area contributed by atoms with Crippen LogP contribution < -0.4 is 5.14 Å². The zero-order valence-electron chi connectivity index (χ0n) is 15.5. The van der Waals surface area contributed by atoms with Crippen molar-refractivity contribution < 1.29 is 18.0 Å². The van der Waals surface area contributed by atoms with Crippen molar-refractivity contribution in [3.63, 3.8) is 0 Å². The van der Waals surface area contributed by atoms with Gasteiger partial charge >= 0.3 is 0 Å². The molecule has 2 aliphatic rings. The Morgan fingerprint density at radius 1 is 1.15 bits per heavy atom. The lowest BCUT2D eigenvalue weighted by Crippen LogP contribution is -2.23. The average molecular weight is 391 g/mol. The van der Waals surface area contributed by atoms with E-state index in [1.165, 1.54) is 12.1 Å². The van der Waals surface area contributed by atoms with Crippen LogP contribution in [0.15, 0.2) is 33.7 Å². The highest BCUT2D eigenvalue weighted by Gasteiger charge is 2.62. The van der Waals surface area contributed by atoms with Crippen LogP contribution in [0.1, 0.15) is 74.6 Å². The van der Waals surface area contributed by atoms with E-state index in [-0.39, 0.29) is 28.1 Å². The van der Waals surface area contributed by atoms with Gasteiger partial charge in [0.1, 0.15) is 0 Å². The van der Waals surface area contributed by atoms with E-state index in [1.807, 2.05) is 0 Å². The van der Waals surface area contributed by atoms with Gasteiger partial charge in [0.2, 0.25) is 15.9 Å².